The minimum Gasteiger partial charge on any atom is -0.462 e. The molecule has 0 bridgehead atoms. The first kappa shape index (κ1) is 16.2. The van der Waals surface area contributed by atoms with Crippen LogP contribution in [0.3, 0.4) is 0 Å². The highest BCUT2D eigenvalue weighted by Crippen LogP contribution is 2.11. The summed E-state index contributed by atoms with van der Waals surface area (Å²) in [5.41, 5.74) is 1.15. The van der Waals surface area contributed by atoms with Crippen LogP contribution in [0.2, 0.25) is 0 Å². The van der Waals surface area contributed by atoms with Crippen molar-refractivity contribution in [3.63, 3.8) is 0 Å². The van der Waals surface area contributed by atoms with Crippen molar-refractivity contribution in [1.29, 1.82) is 0 Å². The van der Waals surface area contributed by atoms with E-state index in [0.717, 1.165) is 12.2 Å². The smallest absolute Gasteiger partial charge is 0.343 e. The predicted octanol–water partition coefficient (Wildman–Crippen LogP) is 1.44. The van der Waals surface area contributed by atoms with Gasteiger partial charge in [-0.15, -0.1) is 0 Å². The Balaban J connectivity index is 2.63. The van der Waals surface area contributed by atoms with Crippen molar-refractivity contribution >= 4 is 17.0 Å². The molecule has 0 radical (unpaired) electrons. The highest BCUT2D eigenvalue weighted by molar-refractivity contribution is 5.93. The second-order valence-corrected chi connectivity index (χ2v) is 5.41. The Morgan fingerprint density at radius 1 is 1.36 bits per heavy atom. The number of nitrogens with zero attached hydrogens (tertiary/aromatic N) is 3. The maximum atomic E-state index is 12.5. The van der Waals surface area contributed by atoms with Gasteiger partial charge < -0.3 is 14.2 Å². The lowest BCUT2D eigenvalue weighted by atomic mass is 10.2. The molecule has 0 aromatic carbocycles. The first-order chi connectivity index (χ1) is 10.4. The number of fused-ring (bicyclic) bond motifs is 1. The molecule has 0 aliphatic heterocycles. The summed E-state index contributed by atoms with van der Waals surface area (Å²) in [6.07, 6.45) is 1.55. The molecule has 0 amide bonds. The van der Waals surface area contributed by atoms with Crippen molar-refractivity contribution in [2.45, 2.75) is 20.4 Å². The van der Waals surface area contributed by atoms with Gasteiger partial charge in [-0.25, -0.2) is 9.78 Å². The fraction of sp³-hybridized carbons (Fsp3) is 0.438. The molecule has 0 aliphatic rings. The Morgan fingerprint density at radius 3 is 2.73 bits per heavy atom. The van der Waals surface area contributed by atoms with Crippen molar-refractivity contribution in [3.8, 4) is 0 Å². The van der Waals surface area contributed by atoms with Crippen LogP contribution in [-0.2, 0) is 11.3 Å². The van der Waals surface area contributed by atoms with Crippen LogP contribution < -0.4 is 5.43 Å². The van der Waals surface area contributed by atoms with Crippen LogP contribution >= 0.6 is 0 Å². The molecule has 2 rings (SSSR count). The van der Waals surface area contributed by atoms with Gasteiger partial charge >= 0.3 is 5.97 Å². The summed E-state index contributed by atoms with van der Waals surface area (Å²) >= 11 is 0. The van der Waals surface area contributed by atoms with Crippen LogP contribution in [0.4, 0.5) is 0 Å². The fourth-order valence-electron chi connectivity index (χ4n) is 2.19. The van der Waals surface area contributed by atoms with Gasteiger partial charge in [-0.05, 0) is 40.1 Å². The number of rotatable bonds is 5. The Hall–Kier alpha value is -2.21. The summed E-state index contributed by atoms with van der Waals surface area (Å²) in [5, 5.41) is 0.440. The van der Waals surface area contributed by atoms with Crippen molar-refractivity contribution in [1.82, 2.24) is 14.5 Å². The van der Waals surface area contributed by atoms with E-state index in [-0.39, 0.29) is 17.6 Å². The number of hydrogen-bond acceptors (Lipinski definition) is 5. The van der Waals surface area contributed by atoms with Crippen LogP contribution in [0.25, 0.3) is 11.0 Å². The Morgan fingerprint density at radius 2 is 2.09 bits per heavy atom. The average Bonchev–Trinajstić information content (AvgIpc) is 2.46. The van der Waals surface area contributed by atoms with Crippen molar-refractivity contribution < 1.29 is 9.53 Å². The molecule has 6 nitrogen and oxygen atoms in total. The van der Waals surface area contributed by atoms with E-state index in [1.807, 2.05) is 30.5 Å². The summed E-state index contributed by atoms with van der Waals surface area (Å²) in [4.78, 5) is 31.0. The average molecular weight is 303 g/mol. The molecular weight excluding hydrogens is 282 g/mol. The third-order valence-electron chi connectivity index (χ3n) is 3.34. The van der Waals surface area contributed by atoms with Crippen molar-refractivity contribution in [3.05, 3.63) is 39.8 Å². The lowest BCUT2D eigenvalue weighted by Gasteiger charge is -2.15. The van der Waals surface area contributed by atoms with E-state index < -0.39 is 5.97 Å². The molecule has 0 saturated heterocycles. The predicted molar refractivity (Wildman–Crippen MR) is 85.3 cm³/mol. The lowest BCUT2D eigenvalue weighted by Crippen LogP contribution is -2.24. The topological polar surface area (TPSA) is 64.4 Å². The quantitative estimate of drug-likeness (QED) is 0.782. The second-order valence-electron chi connectivity index (χ2n) is 5.41. The number of carbonyl (C=O) groups is 1. The molecule has 0 atom stereocenters. The summed E-state index contributed by atoms with van der Waals surface area (Å²) in [5.74, 6) is -0.589. The largest absolute Gasteiger partial charge is 0.462 e. The normalized spacial score (nSPS) is 11.1. The van der Waals surface area contributed by atoms with Gasteiger partial charge in [-0.3, -0.25) is 4.79 Å². The summed E-state index contributed by atoms with van der Waals surface area (Å²) in [7, 11) is 3.94. The Kier molecular flexibility index (Phi) is 4.92. The van der Waals surface area contributed by atoms with Gasteiger partial charge in [0.25, 0.3) is 0 Å². The van der Waals surface area contributed by atoms with Gasteiger partial charge in [0.05, 0.1) is 12.0 Å². The minimum atomic E-state index is -0.589. The highest BCUT2D eigenvalue weighted by Gasteiger charge is 2.17. The zero-order valence-corrected chi connectivity index (χ0v) is 13.4. The molecule has 22 heavy (non-hydrogen) atoms. The monoisotopic (exact) mass is 303 g/mol. The third-order valence-corrected chi connectivity index (χ3v) is 3.34. The molecule has 0 saturated carbocycles. The summed E-state index contributed by atoms with van der Waals surface area (Å²) < 4.78 is 6.82. The number of carbonyl (C=O) groups excluding carboxylic acids is 1. The molecule has 6 heteroatoms. The number of aromatic nitrogens is 2. The molecule has 2 heterocycles. The molecule has 0 fully saturated rings. The van der Waals surface area contributed by atoms with Gasteiger partial charge in [0, 0.05) is 25.0 Å². The zero-order valence-electron chi connectivity index (χ0n) is 13.4. The van der Waals surface area contributed by atoms with Crippen LogP contribution in [0.1, 0.15) is 23.0 Å². The van der Waals surface area contributed by atoms with Gasteiger partial charge in [0.2, 0.25) is 5.43 Å². The number of aryl methyl sites for hydroxylation is 1. The standard InChI is InChI=1S/C16H21N3O3/c1-5-22-16(21)13-10-19(9-8-18(3)4)15-12(14(13)20)7-6-11(2)17-15/h6-7,10H,5,8-9H2,1-4H3. The molecule has 118 valence electrons. The van der Waals surface area contributed by atoms with E-state index >= 15 is 0 Å². The number of ether oxygens (including phenoxy) is 1. The van der Waals surface area contributed by atoms with Crippen LogP contribution in [0, 0.1) is 6.92 Å². The van der Waals surface area contributed by atoms with Crippen molar-refractivity contribution in [2.24, 2.45) is 0 Å². The summed E-state index contributed by atoms with van der Waals surface area (Å²) in [6, 6.07) is 3.49. The second kappa shape index (κ2) is 6.70. The maximum absolute atomic E-state index is 12.5. The van der Waals surface area contributed by atoms with E-state index in [1.165, 1.54) is 0 Å². The minimum absolute atomic E-state index is 0.0544. The van der Waals surface area contributed by atoms with Gasteiger partial charge in [-0.1, -0.05) is 0 Å². The van der Waals surface area contributed by atoms with Gasteiger partial charge in [0.1, 0.15) is 11.2 Å². The number of likely N-dealkylation sites (N-methyl/N-ethyl adjacent to an activating group) is 1. The van der Waals surface area contributed by atoms with E-state index in [4.69, 9.17) is 4.74 Å². The van der Waals surface area contributed by atoms with E-state index in [2.05, 4.69) is 4.98 Å². The molecule has 2 aromatic rings. The van der Waals surface area contributed by atoms with Crippen LogP contribution in [0.5, 0.6) is 0 Å². The van der Waals surface area contributed by atoms with Crippen LogP contribution in [0.15, 0.2) is 23.1 Å². The molecule has 0 aliphatic carbocycles. The van der Waals surface area contributed by atoms with E-state index in [1.54, 1.807) is 25.3 Å². The van der Waals surface area contributed by atoms with E-state index in [9.17, 15) is 9.59 Å². The molecule has 0 unspecified atom stereocenters. The molecule has 0 spiro atoms. The maximum Gasteiger partial charge on any atom is 0.343 e. The first-order valence-corrected chi connectivity index (χ1v) is 7.26. The molecule has 2 aromatic heterocycles. The third kappa shape index (κ3) is 3.33. The number of esters is 1. The summed E-state index contributed by atoms with van der Waals surface area (Å²) in [6.45, 7) is 5.23. The Labute approximate surface area is 129 Å². The number of hydrogen-bond donors (Lipinski definition) is 0. The lowest BCUT2D eigenvalue weighted by molar-refractivity contribution is 0.0524. The van der Waals surface area contributed by atoms with Gasteiger partial charge in [0.15, 0.2) is 0 Å². The van der Waals surface area contributed by atoms with Crippen LogP contribution in [-0.4, -0.2) is 47.7 Å². The molecular formula is C16H21N3O3. The first-order valence-electron chi connectivity index (χ1n) is 7.26. The Bertz CT molecular complexity index is 750. The zero-order chi connectivity index (χ0) is 16.3. The molecule has 0 N–H and O–H groups in total. The highest BCUT2D eigenvalue weighted by atomic mass is 16.5. The SMILES string of the molecule is CCOC(=O)c1cn(CCN(C)C)c2nc(C)ccc2c1=O. The number of pyridine rings is 2. The van der Waals surface area contributed by atoms with Crippen molar-refractivity contribution in [2.75, 3.05) is 27.2 Å². The van der Waals surface area contributed by atoms with E-state index in [0.29, 0.717) is 17.6 Å². The fourth-order valence-corrected chi connectivity index (χ4v) is 2.19. The van der Waals surface area contributed by atoms with Gasteiger partial charge in [-0.2, -0.15) is 0 Å².